The lowest BCUT2D eigenvalue weighted by Crippen LogP contribution is -2.32. The van der Waals surface area contributed by atoms with Gasteiger partial charge in [-0.3, -0.25) is 4.79 Å². The van der Waals surface area contributed by atoms with E-state index in [-0.39, 0.29) is 28.3 Å². The number of hydrogen-bond donors (Lipinski definition) is 3. The number of carboxylic acids is 1. The van der Waals surface area contributed by atoms with E-state index >= 15 is 0 Å². The minimum atomic E-state index is -4.78. The lowest BCUT2D eigenvalue weighted by molar-refractivity contribution is -0.198. The molecule has 204 valence electrons. The molecule has 2 aromatic rings. The Morgan fingerprint density at radius 1 is 1.24 bits per heavy atom. The quantitative estimate of drug-likeness (QED) is 0.389. The van der Waals surface area contributed by atoms with Crippen LogP contribution in [-0.2, 0) is 9.53 Å². The Kier molecular flexibility index (Phi) is 8.47. The molecule has 1 aromatic carbocycles. The van der Waals surface area contributed by atoms with Crippen LogP contribution in [0.5, 0.6) is 5.88 Å². The van der Waals surface area contributed by atoms with Gasteiger partial charge in [0.25, 0.3) is 0 Å². The van der Waals surface area contributed by atoms with Crippen molar-refractivity contribution in [1.29, 1.82) is 0 Å². The van der Waals surface area contributed by atoms with E-state index in [1.165, 1.54) is 30.5 Å². The highest BCUT2D eigenvalue weighted by atomic mass is 35.5. The van der Waals surface area contributed by atoms with Crippen LogP contribution >= 0.6 is 11.6 Å². The molecule has 0 saturated carbocycles. The molecule has 3 atom stereocenters. The van der Waals surface area contributed by atoms with Gasteiger partial charge < -0.3 is 26.0 Å². The summed E-state index contributed by atoms with van der Waals surface area (Å²) in [4.78, 5) is 19.1. The van der Waals surface area contributed by atoms with Gasteiger partial charge in [0.1, 0.15) is 6.04 Å². The summed E-state index contributed by atoms with van der Waals surface area (Å²) in [5.41, 5.74) is 13.4. The molecule has 12 heteroatoms. The SMILES string of the molecule is Nc1nc(O[C@H](c2ccc(Cl)cc2C2=COCCC2)C(F)(F)F)cc(C2=CCC(C[C@H](N)C(=O)O)CC2)n1. The van der Waals surface area contributed by atoms with Crippen molar-refractivity contribution >= 4 is 34.7 Å². The number of alkyl halides is 3. The Morgan fingerprint density at radius 2 is 2.03 bits per heavy atom. The first kappa shape index (κ1) is 27.7. The molecule has 1 unspecified atom stereocenters. The van der Waals surface area contributed by atoms with Crippen LogP contribution in [0.2, 0.25) is 5.02 Å². The number of ether oxygens (including phenoxy) is 2. The van der Waals surface area contributed by atoms with Crippen molar-refractivity contribution in [3.63, 3.8) is 0 Å². The maximum absolute atomic E-state index is 14.4. The first-order chi connectivity index (χ1) is 18.0. The number of nitrogens with two attached hydrogens (primary N) is 2. The van der Waals surface area contributed by atoms with Crippen molar-refractivity contribution in [3.8, 4) is 5.88 Å². The molecule has 0 amide bonds. The molecule has 4 rings (SSSR count). The molecule has 5 N–H and O–H groups in total. The summed E-state index contributed by atoms with van der Waals surface area (Å²) in [7, 11) is 0. The van der Waals surface area contributed by atoms with Gasteiger partial charge in [-0.05, 0) is 73.3 Å². The number of rotatable bonds is 8. The Labute approximate surface area is 222 Å². The lowest BCUT2D eigenvalue weighted by Gasteiger charge is -2.26. The maximum atomic E-state index is 14.4. The molecule has 1 aromatic heterocycles. The van der Waals surface area contributed by atoms with Gasteiger partial charge in [-0.2, -0.15) is 18.2 Å². The fourth-order valence-corrected chi connectivity index (χ4v) is 4.86. The Balaban J connectivity index is 1.62. The highest BCUT2D eigenvalue weighted by Crippen LogP contribution is 2.42. The predicted molar refractivity (Wildman–Crippen MR) is 136 cm³/mol. The van der Waals surface area contributed by atoms with Crippen molar-refractivity contribution in [2.45, 2.75) is 56.8 Å². The molecule has 0 fully saturated rings. The minimum absolute atomic E-state index is 0.0794. The number of carboxylic acid groups (broad SMARTS) is 1. The number of hydrogen-bond acceptors (Lipinski definition) is 7. The third-order valence-corrected chi connectivity index (χ3v) is 6.82. The average molecular weight is 553 g/mol. The molecule has 2 aliphatic rings. The normalized spacial score (nSPS) is 19.6. The molecule has 0 bridgehead atoms. The Hall–Kier alpha value is -3.31. The summed E-state index contributed by atoms with van der Waals surface area (Å²) < 4.78 is 53.9. The summed E-state index contributed by atoms with van der Waals surface area (Å²) in [6, 6.07) is 4.54. The summed E-state index contributed by atoms with van der Waals surface area (Å²) in [6.45, 7) is 0.491. The van der Waals surface area contributed by atoms with Gasteiger partial charge in [-0.1, -0.05) is 23.7 Å². The molecule has 0 spiro atoms. The smallest absolute Gasteiger partial charge is 0.429 e. The van der Waals surface area contributed by atoms with Crippen molar-refractivity contribution < 1.29 is 32.5 Å². The number of anilines is 1. The standard InChI is InChI=1S/C26H28ClF3N4O4/c27-17-7-8-18(19(11-17)16-2-1-9-37-13-16)23(26(28,29)30)38-22-12-21(33-25(32)34-22)15-5-3-14(4-6-15)10-20(31)24(35)36/h5,7-8,11-14,20,23H,1-4,6,9-10,31H2,(H,35,36)(H2,32,33,34)/t14?,20-,23+/m0/s1. The first-order valence-corrected chi connectivity index (χ1v) is 12.5. The molecular weight excluding hydrogens is 525 g/mol. The van der Waals surface area contributed by atoms with E-state index in [1.54, 1.807) is 0 Å². The van der Waals surface area contributed by atoms with Crippen LogP contribution in [0.4, 0.5) is 19.1 Å². The second kappa shape index (κ2) is 11.6. The zero-order valence-electron chi connectivity index (χ0n) is 20.4. The predicted octanol–water partition coefficient (Wildman–Crippen LogP) is 5.53. The molecule has 0 radical (unpaired) electrons. The summed E-state index contributed by atoms with van der Waals surface area (Å²) in [5, 5.41) is 9.33. The zero-order valence-corrected chi connectivity index (χ0v) is 21.1. The van der Waals surface area contributed by atoms with Crippen molar-refractivity contribution in [2.75, 3.05) is 12.3 Å². The number of aliphatic carboxylic acids is 1. The molecule has 1 aliphatic heterocycles. The molecule has 0 saturated heterocycles. The molecule has 1 aliphatic carbocycles. The second-order valence-electron chi connectivity index (χ2n) is 9.39. The van der Waals surface area contributed by atoms with E-state index in [9.17, 15) is 18.0 Å². The van der Waals surface area contributed by atoms with Crippen LogP contribution in [0.1, 0.15) is 61.4 Å². The lowest BCUT2D eigenvalue weighted by atomic mass is 9.84. The van der Waals surface area contributed by atoms with Gasteiger partial charge in [0, 0.05) is 16.7 Å². The van der Waals surface area contributed by atoms with E-state index in [0.717, 1.165) is 5.57 Å². The third-order valence-electron chi connectivity index (χ3n) is 6.59. The molecule has 2 heterocycles. The van der Waals surface area contributed by atoms with Crippen LogP contribution in [0.25, 0.3) is 11.1 Å². The topological polar surface area (TPSA) is 134 Å². The number of nitrogen functional groups attached to an aromatic ring is 1. The highest BCUT2D eigenvalue weighted by Gasteiger charge is 2.45. The van der Waals surface area contributed by atoms with Crippen LogP contribution in [0, 0.1) is 5.92 Å². The van der Waals surface area contributed by atoms with Crippen LogP contribution < -0.4 is 16.2 Å². The summed E-state index contributed by atoms with van der Waals surface area (Å²) >= 11 is 6.13. The van der Waals surface area contributed by atoms with Gasteiger partial charge in [0.15, 0.2) is 0 Å². The Bertz CT molecular complexity index is 1250. The fourth-order valence-electron chi connectivity index (χ4n) is 4.69. The highest BCUT2D eigenvalue weighted by molar-refractivity contribution is 6.30. The van der Waals surface area contributed by atoms with Crippen LogP contribution in [0.3, 0.4) is 0 Å². The molecule has 8 nitrogen and oxygen atoms in total. The van der Waals surface area contributed by atoms with E-state index < -0.39 is 24.3 Å². The van der Waals surface area contributed by atoms with Gasteiger partial charge >= 0.3 is 12.1 Å². The van der Waals surface area contributed by atoms with E-state index in [4.69, 9.17) is 37.6 Å². The number of halogens is 4. The van der Waals surface area contributed by atoms with E-state index in [2.05, 4.69) is 9.97 Å². The number of benzene rings is 1. The van der Waals surface area contributed by atoms with Crippen LogP contribution in [0.15, 0.2) is 36.6 Å². The molecular formula is C26H28ClF3N4O4. The van der Waals surface area contributed by atoms with Crippen molar-refractivity contribution in [3.05, 3.63) is 58.4 Å². The Morgan fingerprint density at radius 3 is 2.66 bits per heavy atom. The number of aromatic nitrogens is 2. The third kappa shape index (κ3) is 6.76. The fraction of sp³-hybridized carbons (Fsp3) is 0.423. The molecule has 38 heavy (non-hydrogen) atoms. The van der Waals surface area contributed by atoms with Gasteiger partial charge in [-0.25, -0.2) is 4.98 Å². The number of carbonyl (C=O) groups is 1. The van der Waals surface area contributed by atoms with Gasteiger partial charge in [0.2, 0.25) is 17.9 Å². The first-order valence-electron chi connectivity index (χ1n) is 12.2. The van der Waals surface area contributed by atoms with E-state index in [0.29, 0.717) is 62.0 Å². The number of nitrogens with zero attached hydrogens (tertiary/aromatic N) is 2. The maximum Gasteiger partial charge on any atom is 0.429 e. The van der Waals surface area contributed by atoms with E-state index in [1.807, 2.05) is 6.08 Å². The van der Waals surface area contributed by atoms with Crippen molar-refractivity contribution in [2.24, 2.45) is 11.7 Å². The zero-order chi connectivity index (χ0) is 27.4. The summed E-state index contributed by atoms with van der Waals surface area (Å²) in [5.74, 6) is -1.52. The average Bonchev–Trinajstić information content (AvgIpc) is 2.87. The monoisotopic (exact) mass is 552 g/mol. The summed E-state index contributed by atoms with van der Waals surface area (Å²) in [6.07, 6.45) is -0.505. The number of allylic oxidation sites excluding steroid dienone is 3. The minimum Gasteiger partial charge on any atom is -0.501 e. The van der Waals surface area contributed by atoms with Gasteiger partial charge in [-0.15, -0.1) is 0 Å². The van der Waals surface area contributed by atoms with Gasteiger partial charge in [0.05, 0.1) is 18.6 Å². The van der Waals surface area contributed by atoms with Crippen molar-refractivity contribution in [1.82, 2.24) is 9.97 Å². The second-order valence-corrected chi connectivity index (χ2v) is 9.82. The largest absolute Gasteiger partial charge is 0.501 e. The van der Waals surface area contributed by atoms with Crippen LogP contribution in [-0.4, -0.2) is 39.9 Å².